The SMILES string of the molecule is CC(C)c1cnnc(Nc2ccc3ncc(/C(C=N)=C/NC(C)c4ccccn4)cc3n2)c1. The molecule has 0 aliphatic rings. The van der Waals surface area contributed by atoms with Gasteiger partial charge in [0.25, 0.3) is 0 Å². The first-order valence-electron chi connectivity index (χ1n) is 10.8. The summed E-state index contributed by atoms with van der Waals surface area (Å²) in [5, 5.41) is 22.6. The van der Waals surface area contributed by atoms with E-state index in [0.717, 1.165) is 27.9 Å². The van der Waals surface area contributed by atoms with Crippen LogP contribution in [0.25, 0.3) is 16.6 Å². The summed E-state index contributed by atoms with van der Waals surface area (Å²) < 4.78 is 0. The Bertz CT molecular complexity index is 1280. The lowest BCUT2D eigenvalue weighted by Gasteiger charge is -2.12. The number of nitrogens with one attached hydrogen (secondary N) is 3. The molecule has 4 aromatic heterocycles. The zero-order chi connectivity index (χ0) is 23.2. The van der Waals surface area contributed by atoms with Gasteiger partial charge in [-0.25, -0.2) is 4.98 Å². The summed E-state index contributed by atoms with van der Waals surface area (Å²) in [6, 6.07) is 13.5. The first-order valence-corrected chi connectivity index (χ1v) is 10.8. The number of nitrogens with zero attached hydrogens (tertiary/aromatic N) is 5. The number of hydrogen-bond donors (Lipinski definition) is 3. The molecule has 8 nitrogen and oxygen atoms in total. The third-order valence-electron chi connectivity index (χ3n) is 5.24. The number of rotatable bonds is 8. The van der Waals surface area contributed by atoms with Gasteiger partial charge in [-0.15, -0.1) is 5.10 Å². The van der Waals surface area contributed by atoms with E-state index in [1.54, 1.807) is 18.6 Å². The van der Waals surface area contributed by atoms with Crippen LogP contribution in [0.15, 0.2) is 67.3 Å². The van der Waals surface area contributed by atoms with Crippen LogP contribution in [-0.4, -0.2) is 31.4 Å². The summed E-state index contributed by atoms with van der Waals surface area (Å²) in [5.74, 6) is 1.65. The van der Waals surface area contributed by atoms with Crippen LogP contribution in [0.4, 0.5) is 11.6 Å². The predicted octanol–water partition coefficient (Wildman–Crippen LogP) is 5.02. The van der Waals surface area contributed by atoms with Gasteiger partial charge in [0.1, 0.15) is 5.82 Å². The minimum Gasteiger partial charge on any atom is -0.382 e. The maximum absolute atomic E-state index is 7.88. The molecule has 4 aromatic rings. The van der Waals surface area contributed by atoms with Crippen molar-refractivity contribution in [3.05, 3.63) is 84.1 Å². The van der Waals surface area contributed by atoms with E-state index in [2.05, 4.69) is 44.6 Å². The highest BCUT2D eigenvalue weighted by Gasteiger charge is 2.08. The summed E-state index contributed by atoms with van der Waals surface area (Å²) in [5.41, 5.74) is 5.01. The van der Waals surface area contributed by atoms with Gasteiger partial charge in [-0.1, -0.05) is 19.9 Å². The Kier molecular flexibility index (Phi) is 6.64. The Hall–Kier alpha value is -4.20. The second-order valence-corrected chi connectivity index (χ2v) is 8.00. The molecule has 3 N–H and O–H groups in total. The molecule has 0 saturated carbocycles. The van der Waals surface area contributed by atoms with E-state index in [9.17, 15) is 0 Å². The molecule has 0 aromatic carbocycles. The number of aromatic nitrogens is 5. The van der Waals surface area contributed by atoms with Crippen LogP contribution in [0.2, 0.25) is 0 Å². The fraction of sp³-hybridized carbons (Fsp3) is 0.200. The summed E-state index contributed by atoms with van der Waals surface area (Å²) >= 11 is 0. The van der Waals surface area contributed by atoms with Gasteiger partial charge < -0.3 is 16.0 Å². The number of anilines is 2. The van der Waals surface area contributed by atoms with E-state index in [1.807, 2.05) is 55.6 Å². The second kappa shape index (κ2) is 9.95. The van der Waals surface area contributed by atoms with Gasteiger partial charge in [0.15, 0.2) is 5.82 Å². The Morgan fingerprint density at radius 3 is 2.61 bits per heavy atom. The number of fused-ring (bicyclic) bond motifs is 1. The van der Waals surface area contributed by atoms with Crippen LogP contribution >= 0.6 is 0 Å². The molecule has 4 heterocycles. The molecule has 0 amide bonds. The Morgan fingerprint density at radius 1 is 0.970 bits per heavy atom. The average Bonchev–Trinajstić information content (AvgIpc) is 2.84. The van der Waals surface area contributed by atoms with Crippen LogP contribution in [-0.2, 0) is 0 Å². The average molecular weight is 439 g/mol. The lowest BCUT2D eigenvalue weighted by molar-refractivity contribution is 0.665. The minimum absolute atomic E-state index is 0.00575. The van der Waals surface area contributed by atoms with Crippen molar-refractivity contribution in [2.24, 2.45) is 0 Å². The van der Waals surface area contributed by atoms with Crippen molar-refractivity contribution in [1.82, 2.24) is 30.5 Å². The highest BCUT2D eigenvalue weighted by Crippen LogP contribution is 2.22. The van der Waals surface area contributed by atoms with Crippen LogP contribution in [0.3, 0.4) is 0 Å². The number of pyridine rings is 3. The number of allylic oxidation sites excluding steroid dienone is 1. The van der Waals surface area contributed by atoms with Gasteiger partial charge in [0.2, 0.25) is 0 Å². The van der Waals surface area contributed by atoms with E-state index >= 15 is 0 Å². The highest BCUT2D eigenvalue weighted by molar-refractivity contribution is 6.08. The molecular weight excluding hydrogens is 412 g/mol. The molecule has 0 aliphatic carbocycles. The molecule has 0 fully saturated rings. The maximum Gasteiger partial charge on any atom is 0.154 e. The third kappa shape index (κ3) is 5.35. The topological polar surface area (TPSA) is 112 Å². The summed E-state index contributed by atoms with van der Waals surface area (Å²) in [4.78, 5) is 13.6. The highest BCUT2D eigenvalue weighted by atomic mass is 15.2. The van der Waals surface area contributed by atoms with Gasteiger partial charge >= 0.3 is 0 Å². The molecule has 166 valence electrons. The molecule has 33 heavy (non-hydrogen) atoms. The predicted molar refractivity (Wildman–Crippen MR) is 131 cm³/mol. The first-order chi connectivity index (χ1) is 16.0. The number of hydrogen-bond acceptors (Lipinski definition) is 8. The Labute approximate surface area is 192 Å². The van der Waals surface area contributed by atoms with Crippen LogP contribution in [0.5, 0.6) is 0 Å². The van der Waals surface area contributed by atoms with Gasteiger partial charge in [-0.3, -0.25) is 9.97 Å². The van der Waals surface area contributed by atoms with Gasteiger partial charge in [0.05, 0.1) is 29.0 Å². The summed E-state index contributed by atoms with van der Waals surface area (Å²) in [6.07, 6.45) is 8.40. The van der Waals surface area contributed by atoms with Crippen LogP contribution in [0.1, 0.15) is 49.6 Å². The zero-order valence-electron chi connectivity index (χ0n) is 18.8. The molecule has 8 heteroatoms. The van der Waals surface area contributed by atoms with Crippen molar-refractivity contribution < 1.29 is 0 Å². The summed E-state index contributed by atoms with van der Waals surface area (Å²) in [6.45, 7) is 6.25. The first kappa shape index (κ1) is 22.0. The monoisotopic (exact) mass is 438 g/mol. The van der Waals surface area contributed by atoms with Crippen molar-refractivity contribution in [1.29, 1.82) is 5.41 Å². The van der Waals surface area contributed by atoms with Crippen molar-refractivity contribution >= 4 is 34.5 Å². The van der Waals surface area contributed by atoms with E-state index in [4.69, 9.17) is 10.4 Å². The van der Waals surface area contributed by atoms with E-state index in [0.29, 0.717) is 23.1 Å². The largest absolute Gasteiger partial charge is 0.382 e. The molecule has 0 aliphatic heterocycles. The lowest BCUT2D eigenvalue weighted by Crippen LogP contribution is -2.14. The minimum atomic E-state index is 0.00575. The molecule has 4 rings (SSSR count). The van der Waals surface area contributed by atoms with Crippen molar-refractivity contribution in [2.45, 2.75) is 32.7 Å². The fourth-order valence-corrected chi connectivity index (χ4v) is 3.26. The van der Waals surface area contributed by atoms with E-state index < -0.39 is 0 Å². The quantitative estimate of drug-likeness (QED) is 0.331. The second-order valence-electron chi connectivity index (χ2n) is 8.00. The van der Waals surface area contributed by atoms with Gasteiger partial charge in [-0.05, 0) is 54.8 Å². The van der Waals surface area contributed by atoms with Crippen molar-refractivity contribution in [2.75, 3.05) is 5.32 Å². The van der Waals surface area contributed by atoms with Crippen molar-refractivity contribution in [3.8, 4) is 0 Å². The smallest absolute Gasteiger partial charge is 0.154 e. The molecule has 1 atom stereocenters. The van der Waals surface area contributed by atoms with Gasteiger partial charge in [0, 0.05) is 35.9 Å². The Balaban J connectivity index is 1.57. The van der Waals surface area contributed by atoms with Gasteiger partial charge in [-0.2, -0.15) is 5.10 Å². The van der Waals surface area contributed by atoms with Crippen LogP contribution in [0, 0.1) is 5.41 Å². The molecule has 0 saturated heterocycles. The van der Waals surface area contributed by atoms with Crippen LogP contribution < -0.4 is 10.6 Å². The Morgan fingerprint density at radius 2 is 1.85 bits per heavy atom. The van der Waals surface area contributed by atoms with Crippen molar-refractivity contribution in [3.63, 3.8) is 0 Å². The molecule has 0 bridgehead atoms. The summed E-state index contributed by atoms with van der Waals surface area (Å²) in [7, 11) is 0. The van der Waals surface area contributed by atoms with E-state index in [1.165, 1.54) is 6.21 Å². The fourth-order valence-electron chi connectivity index (χ4n) is 3.26. The third-order valence-corrected chi connectivity index (χ3v) is 5.24. The zero-order valence-corrected chi connectivity index (χ0v) is 18.8. The lowest BCUT2D eigenvalue weighted by atomic mass is 10.1. The molecule has 1 unspecified atom stereocenters. The molecular formula is C25H26N8. The molecule has 0 radical (unpaired) electrons. The van der Waals surface area contributed by atoms with E-state index in [-0.39, 0.29) is 6.04 Å². The standard InChI is InChI=1S/C25H26N8/c1-16(2)18-11-25(33-30-15-18)32-24-8-7-22-23(31-24)10-19(13-29-22)20(12-26)14-28-17(3)21-6-4-5-9-27-21/h4-17,26,28H,1-3H3,(H,31,32,33)/b20-14+,26-12?. The molecule has 0 spiro atoms. The maximum atomic E-state index is 7.88. The normalized spacial score (nSPS) is 12.5.